The first-order chi connectivity index (χ1) is 45.9. The molecule has 2 aromatic heterocycles. The molecule has 9 N–H and O–H groups in total. The first-order valence-electron chi connectivity index (χ1n) is 31.3. The zero-order valence-electron chi connectivity index (χ0n) is 52.0. The number of benzene rings is 2. The number of nitrogens with one attached hydrogen (secondary N) is 9. The van der Waals surface area contributed by atoms with Crippen molar-refractivity contribution in [2.75, 3.05) is 87.8 Å². The number of nitrogens with zero attached hydrogens (tertiary/aromatic N) is 6. The number of amides is 10. The quantitative estimate of drug-likeness (QED) is 0.00821. The van der Waals surface area contributed by atoms with Gasteiger partial charge in [0.25, 0.3) is 24.2 Å². The monoisotopic (exact) mass is 1360 g/mol. The molecule has 10 amide bonds. The molecule has 0 spiro atoms. The third kappa shape index (κ3) is 23.3. The van der Waals surface area contributed by atoms with Crippen molar-refractivity contribution in [2.24, 2.45) is 16.8 Å². The summed E-state index contributed by atoms with van der Waals surface area (Å²) in [5, 5.41) is 56.5. The number of hydrogen-bond acceptors (Lipinski definition) is 23. The molecule has 6 atom stereocenters. The van der Waals surface area contributed by atoms with Gasteiger partial charge in [0.2, 0.25) is 57.4 Å². The number of imide groups is 1. The zero-order valence-corrected chi connectivity index (χ0v) is 53.6. The van der Waals surface area contributed by atoms with Crippen LogP contribution in [-0.2, 0) is 52.7 Å². The Morgan fingerprint density at radius 2 is 1.04 bits per heavy atom. The van der Waals surface area contributed by atoms with Gasteiger partial charge in [0, 0.05) is 154 Å². The summed E-state index contributed by atoms with van der Waals surface area (Å²) < 4.78 is 23.6. The molecular formula is C60H77N15O18S2. The highest BCUT2D eigenvalue weighted by Crippen LogP contribution is 2.41. The summed E-state index contributed by atoms with van der Waals surface area (Å²) in [5.74, 6) is -0.694. The fraction of sp³-hybridized carbons (Fsp3) is 0.533. The van der Waals surface area contributed by atoms with E-state index in [1.165, 1.54) is 70.3 Å². The van der Waals surface area contributed by atoms with Crippen LogP contribution in [0.15, 0.2) is 75.0 Å². The molecule has 0 bridgehead atoms. The van der Waals surface area contributed by atoms with Crippen LogP contribution in [0.3, 0.4) is 0 Å². The lowest BCUT2D eigenvalue weighted by Gasteiger charge is -2.15. The minimum atomic E-state index is -1.29. The van der Waals surface area contributed by atoms with E-state index in [9.17, 15) is 63.0 Å². The number of ether oxygens (including phenoxy) is 2. The summed E-state index contributed by atoms with van der Waals surface area (Å²) in [6.45, 7) is 2.21. The summed E-state index contributed by atoms with van der Waals surface area (Å²) in [4.78, 5) is 138. The Morgan fingerprint density at radius 3 is 1.56 bits per heavy atom. The minimum absolute atomic E-state index is 0.00591. The van der Waals surface area contributed by atoms with E-state index in [4.69, 9.17) is 23.4 Å². The predicted octanol–water partition coefficient (Wildman–Crippen LogP) is -1.62. The zero-order chi connectivity index (χ0) is 67.5. The number of fused-ring (bicyclic) bond motifs is 2. The van der Waals surface area contributed by atoms with Crippen LogP contribution in [0.1, 0.15) is 111 Å². The first kappa shape index (κ1) is 71.6. The number of aromatic carboxylic acids is 1. The van der Waals surface area contributed by atoms with E-state index in [-0.39, 0.29) is 130 Å². The van der Waals surface area contributed by atoms with Crippen LogP contribution >= 0.6 is 23.5 Å². The Bertz CT molecular complexity index is 3340. The van der Waals surface area contributed by atoms with Gasteiger partial charge >= 0.3 is 23.8 Å². The van der Waals surface area contributed by atoms with Crippen LogP contribution in [0.4, 0.5) is 16.6 Å². The number of carboxylic acid groups (broad SMARTS) is 1. The van der Waals surface area contributed by atoms with E-state index >= 15 is 0 Å². The van der Waals surface area contributed by atoms with E-state index in [1.807, 2.05) is 23.5 Å². The summed E-state index contributed by atoms with van der Waals surface area (Å²) >= 11 is 3.85. The summed E-state index contributed by atoms with van der Waals surface area (Å²) in [6.07, 6.45) is 10.7. The van der Waals surface area contributed by atoms with Crippen LogP contribution in [0.2, 0.25) is 0 Å². The standard InChI is InChI=1S/C32H40N8O10S.C28H37N7O8S/c41-25(4-2-1-3-24-22-17-27(43)36-23(22)19-51-24)34-14-16-48-15-11-26(42)33-12-13-35-32(47)37-28-18-39(38-49-28)21-7-5-20(6-8-21)31(46)50-40-29(44)9-10-30(40)45;36-23(4-2-1-3-22-20-15-25(38)32-21(20)17-44-22)30-12-14-42-13-9-24(37)29-10-11-31-28(41)33-26-16-35(34-43-26)19-7-5-18(6-8-19)27(39)40/h5-8,18,22-24H,1-4,9-17,19H2,(H4-,33,34,35,36,37,38,41,42,43,47);5-8,16,20-22H,1-4,9-15,17H2,(H5-,29,30,31,32,33,34,36,37,38,39,40,41). The topological polar surface area (TPSA) is 445 Å². The Labute approximate surface area is 553 Å². The fourth-order valence-corrected chi connectivity index (χ4v) is 14.0. The number of amidine groups is 1. The lowest BCUT2D eigenvalue weighted by atomic mass is 9.94. The molecule has 7 heterocycles. The van der Waals surface area contributed by atoms with Crippen molar-refractivity contribution in [3.05, 3.63) is 72.1 Å². The van der Waals surface area contributed by atoms with Crippen LogP contribution in [0.25, 0.3) is 11.4 Å². The maximum Gasteiger partial charge on any atom is 0.363 e. The van der Waals surface area contributed by atoms with Crippen LogP contribution in [-0.4, -0.2) is 187 Å². The molecule has 2 aromatic carbocycles. The number of urea groups is 1. The third-order valence-electron chi connectivity index (χ3n) is 15.6. The number of anilines is 2. The average Bonchev–Trinajstić information content (AvgIpc) is 1.73. The maximum absolute atomic E-state index is 12.3. The lowest BCUT2D eigenvalue weighted by molar-refractivity contribution is -0.670. The first-order valence-corrected chi connectivity index (χ1v) is 33.4. The van der Waals surface area contributed by atoms with Crippen molar-refractivity contribution in [1.29, 1.82) is 0 Å². The molecule has 6 unspecified atom stereocenters. The molecule has 33 nitrogen and oxygen atoms in total. The van der Waals surface area contributed by atoms with Gasteiger partial charge in [-0.2, -0.15) is 23.5 Å². The highest BCUT2D eigenvalue weighted by atomic mass is 32.2. The highest BCUT2D eigenvalue weighted by Gasteiger charge is 2.44. The molecule has 0 radical (unpaired) electrons. The van der Waals surface area contributed by atoms with Gasteiger partial charge in [-0.15, -0.1) is 5.06 Å². The molecule has 512 valence electrons. The number of unbranched alkanes of at least 4 members (excludes halogenated alkanes) is 2. The molecule has 5 fully saturated rings. The molecular weight excluding hydrogens is 1280 g/mol. The van der Waals surface area contributed by atoms with Crippen LogP contribution < -0.4 is 67.4 Å². The summed E-state index contributed by atoms with van der Waals surface area (Å²) in [6, 6.07) is 11.0. The van der Waals surface area contributed by atoms with Crippen molar-refractivity contribution in [3.63, 3.8) is 0 Å². The van der Waals surface area contributed by atoms with E-state index in [0.29, 0.717) is 96.2 Å². The van der Waals surface area contributed by atoms with Crippen molar-refractivity contribution < 1.29 is 95.7 Å². The maximum atomic E-state index is 12.3. The van der Waals surface area contributed by atoms with Crippen molar-refractivity contribution >= 4 is 107 Å². The molecule has 0 saturated carbocycles. The molecule has 5 aliphatic rings. The summed E-state index contributed by atoms with van der Waals surface area (Å²) in [5.41, 5.74) is 1.11. The van der Waals surface area contributed by atoms with E-state index in [1.54, 1.807) is 0 Å². The van der Waals surface area contributed by atoms with Gasteiger partial charge in [-0.1, -0.05) is 12.8 Å². The molecule has 9 rings (SSSR count). The average molecular weight is 1360 g/mol. The number of thioether (sulfide) groups is 2. The fourth-order valence-electron chi connectivity index (χ4n) is 10.7. The third-order valence-corrected chi connectivity index (χ3v) is 18.7. The minimum Gasteiger partial charge on any atom is -0.846 e. The van der Waals surface area contributed by atoms with Crippen molar-refractivity contribution in [1.82, 2.24) is 52.8 Å². The van der Waals surface area contributed by atoms with Gasteiger partial charge in [-0.3, -0.25) is 57.7 Å². The van der Waals surface area contributed by atoms with Crippen LogP contribution in [0.5, 0.6) is 0 Å². The van der Waals surface area contributed by atoms with Gasteiger partial charge in [0.1, 0.15) is 0 Å². The molecule has 35 heteroatoms. The number of rotatable bonds is 35. The van der Waals surface area contributed by atoms with Crippen LogP contribution in [0, 0.1) is 11.8 Å². The normalized spacial score (nSPS) is 19.4. The predicted molar refractivity (Wildman–Crippen MR) is 332 cm³/mol. The number of carbonyl (C=O) groups is 11. The summed E-state index contributed by atoms with van der Waals surface area (Å²) in [7, 11) is 0. The lowest BCUT2D eigenvalue weighted by Crippen LogP contribution is -2.37. The van der Waals surface area contributed by atoms with Gasteiger partial charge in [0.15, 0.2) is 0 Å². The van der Waals surface area contributed by atoms with E-state index in [0.717, 1.165) is 50.0 Å². The molecule has 95 heavy (non-hydrogen) atoms. The number of hydrogen-bond donors (Lipinski definition) is 9. The molecule has 5 saturated heterocycles. The van der Waals surface area contributed by atoms with Gasteiger partial charge in [-0.25, -0.2) is 9.59 Å². The van der Waals surface area contributed by atoms with Gasteiger partial charge in [-0.05, 0) is 64.9 Å². The molecule has 0 aliphatic carbocycles. The number of aromatic nitrogens is 4. The Balaban J connectivity index is 0.000000246. The van der Waals surface area contributed by atoms with Crippen molar-refractivity contribution in [3.8, 4) is 11.4 Å². The second-order valence-corrected chi connectivity index (χ2v) is 25.0. The van der Waals surface area contributed by atoms with E-state index in [2.05, 4.69) is 63.4 Å². The van der Waals surface area contributed by atoms with Gasteiger partial charge < -0.3 is 71.9 Å². The Hall–Kier alpha value is -9.22. The number of carbonyl (C=O) groups excluding carboxylic acids is 11. The number of aliphatic imine (C=N–C) groups is 1. The van der Waals surface area contributed by atoms with E-state index < -0.39 is 35.8 Å². The molecule has 5 aliphatic heterocycles. The Kier molecular flexibility index (Phi) is 27.9. The number of hydroxylamine groups is 2. The second-order valence-electron chi connectivity index (χ2n) is 22.5. The van der Waals surface area contributed by atoms with Crippen molar-refractivity contribution in [2.45, 2.75) is 112 Å². The van der Waals surface area contributed by atoms with Gasteiger partial charge in [0.05, 0.1) is 50.5 Å². The largest absolute Gasteiger partial charge is 0.846 e. The smallest absolute Gasteiger partial charge is 0.363 e. The molecule has 4 aromatic rings. The second kappa shape index (κ2) is 37.0. The Morgan fingerprint density at radius 1 is 0.579 bits per heavy atom. The highest BCUT2D eigenvalue weighted by molar-refractivity contribution is 8.00. The SMILES string of the molecule is O=C(CCCCC1SCC2NC(=O)CC21)NCCOCCC(=O)NCCN=C([O-])Nc1c[n+](-c2ccc(C(=O)ON3C(=O)CCC3=O)cc2)no1.O=C(CCCCC1SCC2NC(=O)CC21)NCCOCCC(=O)NCCNC(=O)Nc1c[n+](-c2ccc(C(=O)[O-])cc2)no1. The number of carboxylic acids is 1.